The Balaban J connectivity index is 1.88. The lowest BCUT2D eigenvalue weighted by atomic mass is 10.2. The zero-order chi connectivity index (χ0) is 18.7. The third-order valence-electron chi connectivity index (χ3n) is 3.93. The smallest absolute Gasteiger partial charge is 0.175 e. The predicted molar refractivity (Wildman–Crippen MR) is 95.4 cm³/mol. The summed E-state index contributed by atoms with van der Waals surface area (Å²) in [5.74, 6) is 0.250. The van der Waals surface area contributed by atoms with Gasteiger partial charge in [0.1, 0.15) is 5.82 Å². The molecule has 2 aromatic carbocycles. The summed E-state index contributed by atoms with van der Waals surface area (Å²) >= 11 is 0. The van der Waals surface area contributed by atoms with Crippen molar-refractivity contribution in [3.05, 3.63) is 60.2 Å². The van der Waals surface area contributed by atoms with Gasteiger partial charge in [-0.2, -0.15) is 4.68 Å². The second-order valence-electron chi connectivity index (χ2n) is 5.77. The Kier molecular flexibility index (Phi) is 4.99. The Hall–Kier alpha value is -2.81. The van der Waals surface area contributed by atoms with Crippen molar-refractivity contribution in [2.45, 2.75) is 18.4 Å². The van der Waals surface area contributed by atoms with E-state index in [1.807, 2.05) is 17.9 Å². The fourth-order valence-electron chi connectivity index (χ4n) is 2.57. The van der Waals surface area contributed by atoms with Gasteiger partial charge in [-0.15, -0.1) is 5.10 Å². The molecule has 0 aliphatic carbocycles. The standard InChI is InChI=1S/C17H18FN5O2S/c1-3-22(15-6-4-5-13(18)11-15)12-17-19-20-21-23(17)14-7-9-16(10-8-14)26(2,24)25/h4-11H,3,12H2,1-2H3. The molecule has 0 amide bonds. The summed E-state index contributed by atoms with van der Waals surface area (Å²) in [5.41, 5.74) is 1.38. The number of benzene rings is 2. The molecule has 9 heteroatoms. The Labute approximate surface area is 151 Å². The number of tetrazole rings is 1. The molecule has 1 aromatic heterocycles. The number of aromatic nitrogens is 4. The van der Waals surface area contributed by atoms with Gasteiger partial charge in [0, 0.05) is 18.5 Å². The Morgan fingerprint density at radius 1 is 1.15 bits per heavy atom. The lowest BCUT2D eigenvalue weighted by molar-refractivity contribution is 0.602. The summed E-state index contributed by atoms with van der Waals surface area (Å²) in [6, 6.07) is 12.6. The molecule has 0 fully saturated rings. The lowest BCUT2D eigenvalue weighted by Gasteiger charge is -2.22. The highest BCUT2D eigenvalue weighted by atomic mass is 32.2. The van der Waals surface area contributed by atoms with Crippen molar-refractivity contribution in [2.75, 3.05) is 17.7 Å². The van der Waals surface area contributed by atoms with Gasteiger partial charge in [0.2, 0.25) is 0 Å². The van der Waals surface area contributed by atoms with Gasteiger partial charge in [0.05, 0.1) is 17.1 Å². The van der Waals surface area contributed by atoms with E-state index in [9.17, 15) is 12.8 Å². The van der Waals surface area contributed by atoms with Gasteiger partial charge < -0.3 is 4.90 Å². The highest BCUT2D eigenvalue weighted by molar-refractivity contribution is 7.90. The zero-order valence-corrected chi connectivity index (χ0v) is 15.2. The summed E-state index contributed by atoms with van der Waals surface area (Å²) in [6.07, 6.45) is 1.16. The molecule has 0 aliphatic heterocycles. The van der Waals surface area contributed by atoms with Gasteiger partial charge in [-0.05, 0) is 59.8 Å². The lowest BCUT2D eigenvalue weighted by Crippen LogP contribution is -2.24. The van der Waals surface area contributed by atoms with Crippen molar-refractivity contribution in [1.82, 2.24) is 20.2 Å². The van der Waals surface area contributed by atoms with Crippen LogP contribution in [0.4, 0.5) is 10.1 Å². The molecular formula is C17H18FN5O2S. The minimum absolute atomic E-state index is 0.228. The number of halogens is 1. The summed E-state index contributed by atoms with van der Waals surface area (Å²) in [4.78, 5) is 2.17. The average Bonchev–Trinajstić information content (AvgIpc) is 3.07. The molecule has 0 bridgehead atoms. The summed E-state index contributed by atoms with van der Waals surface area (Å²) in [5, 5.41) is 11.7. The van der Waals surface area contributed by atoms with Crippen LogP contribution in [0.2, 0.25) is 0 Å². The quantitative estimate of drug-likeness (QED) is 0.657. The van der Waals surface area contributed by atoms with E-state index in [1.54, 1.807) is 18.2 Å². The molecule has 0 unspecified atom stereocenters. The van der Waals surface area contributed by atoms with Gasteiger partial charge in [-0.1, -0.05) is 6.07 Å². The minimum atomic E-state index is -3.27. The van der Waals surface area contributed by atoms with E-state index < -0.39 is 9.84 Å². The minimum Gasteiger partial charge on any atom is -0.364 e. The van der Waals surface area contributed by atoms with Crippen LogP contribution >= 0.6 is 0 Å². The molecule has 3 aromatic rings. The van der Waals surface area contributed by atoms with Crippen molar-refractivity contribution in [3.8, 4) is 5.69 Å². The van der Waals surface area contributed by atoms with Crippen molar-refractivity contribution in [1.29, 1.82) is 0 Å². The Bertz CT molecular complexity index is 1000. The van der Waals surface area contributed by atoms with Crippen LogP contribution < -0.4 is 4.90 Å². The fraction of sp³-hybridized carbons (Fsp3) is 0.235. The molecule has 0 spiro atoms. The Morgan fingerprint density at radius 2 is 1.88 bits per heavy atom. The van der Waals surface area contributed by atoms with E-state index in [2.05, 4.69) is 15.5 Å². The van der Waals surface area contributed by atoms with Crippen LogP contribution in [0.15, 0.2) is 53.4 Å². The third kappa shape index (κ3) is 3.88. The number of sulfone groups is 1. The SMILES string of the molecule is CCN(Cc1nnnn1-c1ccc(S(C)(=O)=O)cc1)c1cccc(F)c1. The molecule has 0 radical (unpaired) electrons. The monoisotopic (exact) mass is 375 g/mol. The first-order valence-electron chi connectivity index (χ1n) is 7.96. The van der Waals surface area contributed by atoms with Gasteiger partial charge in [0.25, 0.3) is 0 Å². The van der Waals surface area contributed by atoms with Crippen LogP contribution in [0.1, 0.15) is 12.7 Å². The third-order valence-corrected chi connectivity index (χ3v) is 5.06. The molecule has 0 atom stereocenters. The fourth-order valence-corrected chi connectivity index (χ4v) is 3.20. The number of anilines is 1. The molecule has 0 N–H and O–H groups in total. The first kappa shape index (κ1) is 18.0. The summed E-state index contributed by atoms with van der Waals surface area (Å²) in [7, 11) is -3.27. The Morgan fingerprint density at radius 3 is 2.50 bits per heavy atom. The highest BCUT2D eigenvalue weighted by Crippen LogP contribution is 2.19. The molecule has 0 aliphatic rings. The molecular weight excluding hydrogens is 357 g/mol. The van der Waals surface area contributed by atoms with E-state index in [-0.39, 0.29) is 10.7 Å². The molecule has 0 saturated heterocycles. The van der Waals surface area contributed by atoms with E-state index in [1.165, 1.54) is 28.9 Å². The van der Waals surface area contributed by atoms with E-state index in [0.29, 0.717) is 24.6 Å². The van der Waals surface area contributed by atoms with Crippen molar-refractivity contribution < 1.29 is 12.8 Å². The number of rotatable bonds is 6. The maximum Gasteiger partial charge on any atom is 0.175 e. The first-order chi connectivity index (χ1) is 12.4. The van der Waals surface area contributed by atoms with Crippen LogP contribution in [0.25, 0.3) is 5.69 Å². The van der Waals surface area contributed by atoms with Crippen molar-refractivity contribution >= 4 is 15.5 Å². The molecule has 0 saturated carbocycles. The van der Waals surface area contributed by atoms with E-state index >= 15 is 0 Å². The van der Waals surface area contributed by atoms with Gasteiger partial charge in [-0.3, -0.25) is 0 Å². The molecule has 7 nitrogen and oxygen atoms in total. The van der Waals surface area contributed by atoms with Crippen LogP contribution in [-0.2, 0) is 16.4 Å². The highest BCUT2D eigenvalue weighted by Gasteiger charge is 2.14. The largest absolute Gasteiger partial charge is 0.364 e. The predicted octanol–water partition coefficient (Wildman–Crippen LogP) is 2.23. The second-order valence-corrected chi connectivity index (χ2v) is 7.78. The summed E-state index contributed by atoms with van der Waals surface area (Å²) < 4.78 is 38.2. The molecule has 26 heavy (non-hydrogen) atoms. The van der Waals surface area contributed by atoms with E-state index in [0.717, 1.165) is 11.9 Å². The van der Waals surface area contributed by atoms with Gasteiger partial charge in [-0.25, -0.2) is 12.8 Å². The van der Waals surface area contributed by atoms with Crippen molar-refractivity contribution in [2.24, 2.45) is 0 Å². The number of nitrogens with zero attached hydrogens (tertiary/aromatic N) is 5. The van der Waals surface area contributed by atoms with Gasteiger partial charge >= 0.3 is 0 Å². The normalized spacial score (nSPS) is 11.5. The van der Waals surface area contributed by atoms with Crippen molar-refractivity contribution in [3.63, 3.8) is 0 Å². The molecule has 136 valence electrons. The van der Waals surface area contributed by atoms with Crippen LogP contribution in [-0.4, -0.2) is 41.4 Å². The van der Waals surface area contributed by atoms with Crippen LogP contribution in [0, 0.1) is 5.82 Å². The van der Waals surface area contributed by atoms with Crippen LogP contribution in [0.5, 0.6) is 0 Å². The zero-order valence-electron chi connectivity index (χ0n) is 14.4. The maximum atomic E-state index is 13.5. The molecule has 1 heterocycles. The number of hydrogen-bond donors (Lipinski definition) is 0. The van der Waals surface area contributed by atoms with Gasteiger partial charge in [0.15, 0.2) is 15.7 Å². The summed E-state index contributed by atoms with van der Waals surface area (Å²) in [6.45, 7) is 2.98. The average molecular weight is 375 g/mol. The maximum absolute atomic E-state index is 13.5. The van der Waals surface area contributed by atoms with Crippen LogP contribution in [0.3, 0.4) is 0 Å². The van der Waals surface area contributed by atoms with E-state index in [4.69, 9.17) is 0 Å². The second kappa shape index (κ2) is 7.20. The number of hydrogen-bond acceptors (Lipinski definition) is 6. The molecule has 3 rings (SSSR count). The first-order valence-corrected chi connectivity index (χ1v) is 9.86. The topological polar surface area (TPSA) is 81.0 Å².